The average molecular weight is 317 g/mol. The lowest BCUT2D eigenvalue weighted by Crippen LogP contribution is -2.33. The maximum absolute atomic E-state index is 11.8. The highest BCUT2D eigenvalue weighted by Gasteiger charge is 2.30. The molecule has 0 saturated heterocycles. The Kier molecular flexibility index (Phi) is 3.23. The van der Waals surface area contributed by atoms with Crippen molar-refractivity contribution >= 4 is 50.6 Å². The van der Waals surface area contributed by atoms with E-state index in [-0.39, 0.29) is 11.2 Å². The molecule has 6 heteroatoms. The molecule has 0 saturated carbocycles. The molecule has 4 aromatic rings. The van der Waals surface area contributed by atoms with E-state index in [1.54, 1.807) is 12.1 Å². The summed E-state index contributed by atoms with van der Waals surface area (Å²) < 4.78 is 0. The predicted molar refractivity (Wildman–Crippen MR) is 95.4 cm³/mol. The van der Waals surface area contributed by atoms with Gasteiger partial charge in [-0.2, -0.15) is 0 Å². The molecular formula is C18H12BNO4. The summed E-state index contributed by atoms with van der Waals surface area (Å²) in [6.07, 6.45) is 0. The fourth-order valence-corrected chi connectivity index (χ4v) is 3.42. The van der Waals surface area contributed by atoms with Gasteiger partial charge in [-0.05, 0) is 26.9 Å². The lowest BCUT2D eigenvalue weighted by Gasteiger charge is -2.13. The van der Waals surface area contributed by atoms with Crippen molar-refractivity contribution in [1.82, 2.24) is 0 Å². The standard InChI is InChI=1S/C18H12BNO4/c21-19(22)17-15-8-4-3-7-13(15)14-10-9-11-5-1-2-6-12(11)16(14)18(17)20(23)24/h1-10,21-22H. The van der Waals surface area contributed by atoms with E-state index in [0.717, 1.165) is 16.2 Å². The molecule has 0 heterocycles. The van der Waals surface area contributed by atoms with E-state index >= 15 is 0 Å². The summed E-state index contributed by atoms with van der Waals surface area (Å²) >= 11 is 0. The predicted octanol–water partition coefficient (Wildman–Crippen LogP) is 2.73. The van der Waals surface area contributed by atoms with Gasteiger partial charge in [0, 0.05) is 0 Å². The highest BCUT2D eigenvalue weighted by atomic mass is 16.6. The van der Waals surface area contributed by atoms with E-state index in [4.69, 9.17) is 0 Å². The molecule has 0 atom stereocenters. The molecule has 0 amide bonds. The third-order valence-electron chi connectivity index (χ3n) is 4.37. The van der Waals surface area contributed by atoms with Crippen molar-refractivity contribution in [3.8, 4) is 0 Å². The zero-order chi connectivity index (χ0) is 16.8. The van der Waals surface area contributed by atoms with Crippen LogP contribution in [0.4, 0.5) is 5.69 Å². The molecule has 5 nitrogen and oxygen atoms in total. The van der Waals surface area contributed by atoms with E-state index < -0.39 is 12.0 Å². The van der Waals surface area contributed by atoms with Crippen LogP contribution in [0.5, 0.6) is 0 Å². The highest BCUT2D eigenvalue weighted by molar-refractivity contribution is 6.65. The molecule has 0 radical (unpaired) electrons. The topological polar surface area (TPSA) is 83.6 Å². The van der Waals surface area contributed by atoms with Gasteiger partial charge in [-0.25, -0.2) is 0 Å². The molecule has 4 aromatic carbocycles. The van der Waals surface area contributed by atoms with Gasteiger partial charge in [-0.3, -0.25) is 10.1 Å². The van der Waals surface area contributed by atoms with Gasteiger partial charge >= 0.3 is 7.12 Å². The number of hydrogen-bond acceptors (Lipinski definition) is 4. The third kappa shape index (κ3) is 1.97. The van der Waals surface area contributed by atoms with Gasteiger partial charge in [0.05, 0.1) is 15.8 Å². The van der Waals surface area contributed by atoms with Crippen LogP contribution >= 0.6 is 0 Å². The van der Waals surface area contributed by atoms with Crippen LogP contribution in [0.25, 0.3) is 32.3 Å². The Bertz CT molecular complexity index is 1120. The lowest BCUT2D eigenvalue weighted by molar-refractivity contribution is -0.381. The zero-order valence-corrected chi connectivity index (χ0v) is 12.5. The Morgan fingerprint density at radius 2 is 1.42 bits per heavy atom. The van der Waals surface area contributed by atoms with E-state index in [9.17, 15) is 20.2 Å². The van der Waals surface area contributed by atoms with E-state index in [1.807, 2.05) is 48.5 Å². The minimum absolute atomic E-state index is 0.0700. The van der Waals surface area contributed by atoms with Gasteiger partial charge in [0.2, 0.25) is 0 Å². The Labute approximate surface area is 137 Å². The fourth-order valence-electron chi connectivity index (χ4n) is 3.42. The van der Waals surface area contributed by atoms with Crippen molar-refractivity contribution in [2.75, 3.05) is 0 Å². The molecule has 116 valence electrons. The van der Waals surface area contributed by atoms with Crippen LogP contribution in [-0.2, 0) is 0 Å². The van der Waals surface area contributed by atoms with Crippen LogP contribution < -0.4 is 5.46 Å². The number of fused-ring (bicyclic) bond motifs is 5. The monoisotopic (exact) mass is 317 g/mol. The van der Waals surface area contributed by atoms with Gasteiger partial charge in [-0.15, -0.1) is 0 Å². The summed E-state index contributed by atoms with van der Waals surface area (Å²) in [7, 11) is -1.93. The minimum Gasteiger partial charge on any atom is -0.423 e. The van der Waals surface area contributed by atoms with Crippen LogP contribution in [0.1, 0.15) is 0 Å². The molecular weight excluding hydrogens is 305 g/mol. The van der Waals surface area contributed by atoms with Crippen LogP contribution in [0.2, 0.25) is 0 Å². The van der Waals surface area contributed by atoms with Gasteiger partial charge in [0.25, 0.3) is 5.69 Å². The molecule has 0 aliphatic heterocycles. The summed E-state index contributed by atoms with van der Waals surface area (Å²) in [6, 6.07) is 18.2. The quantitative estimate of drug-likeness (QED) is 0.258. The zero-order valence-electron chi connectivity index (χ0n) is 12.5. The first-order chi connectivity index (χ1) is 11.6. The molecule has 0 bridgehead atoms. The van der Waals surface area contributed by atoms with Crippen molar-refractivity contribution in [2.24, 2.45) is 0 Å². The van der Waals surface area contributed by atoms with Gasteiger partial charge in [0.15, 0.2) is 0 Å². The van der Waals surface area contributed by atoms with Crippen LogP contribution in [-0.4, -0.2) is 22.1 Å². The van der Waals surface area contributed by atoms with Crippen LogP contribution in [0, 0.1) is 10.1 Å². The van der Waals surface area contributed by atoms with Crippen LogP contribution in [0.15, 0.2) is 60.7 Å². The maximum Gasteiger partial charge on any atom is 0.496 e. The van der Waals surface area contributed by atoms with Crippen molar-refractivity contribution in [1.29, 1.82) is 0 Å². The molecule has 2 N–H and O–H groups in total. The molecule has 0 spiro atoms. The summed E-state index contributed by atoms with van der Waals surface area (Å²) in [5.41, 5.74) is -0.324. The summed E-state index contributed by atoms with van der Waals surface area (Å²) in [4.78, 5) is 11.3. The largest absolute Gasteiger partial charge is 0.496 e. The molecule has 24 heavy (non-hydrogen) atoms. The summed E-state index contributed by atoms with van der Waals surface area (Å²) in [5, 5.41) is 35.4. The van der Waals surface area contributed by atoms with E-state index in [0.29, 0.717) is 16.2 Å². The van der Waals surface area contributed by atoms with Crippen molar-refractivity contribution in [3.63, 3.8) is 0 Å². The van der Waals surface area contributed by atoms with E-state index in [1.165, 1.54) is 0 Å². The molecule has 0 fully saturated rings. The SMILES string of the molecule is O=[N+]([O-])c1c(B(O)O)c2ccccc2c2ccc3ccccc3c12. The Morgan fingerprint density at radius 1 is 0.792 bits per heavy atom. The number of nitro groups is 1. The van der Waals surface area contributed by atoms with Gasteiger partial charge < -0.3 is 10.0 Å². The third-order valence-corrected chi connectivity index (χ3v) is 4.37. The number of rotatable bonds is 2. The smallest absolute Gasteiger partial charge is 0.423 e. The number of nitro benzene ring substituents is 1. The number of benzene rings is 4. The van der Waals surface area contributed by atoms with Gasteiger partial charge in [0.1, 0.15) is 0 Å². The fraction of sp³-hybridized carbons (Fsp3) is 0. The molecule has 4 rings (SSSR count). The molecule has 0 aliphatic carbocycles. The van der Waals surface area contributed by atoms with Crippen molar-refractivity contribution in [3.05, 3.63) is 70.8 Å². The Hall–Kier alpha value is -2.96. The first-order valence-electron chi connectivity index (χ1n) is 7.46. The maximum atomic E-state index is 11.8. The average Bonchev–Trinajstić information content (AvgIpc) is 2.59. The molecule has 0 aliphatic rings. The van der Waals surface area contributed by atoms with Crippen LogP contribution in [0.3, 0.4) is 0 Å². The Morgan fingerprint density at radius 3 is 2.08 bits per heavy atom. The number of nitrogens with zero attached hydrogens (tertiary/aromatic N) is 1. The van der Waals surface area contributed by atoms with Gasteiger partial charge in [-0.1, -0.05) is 60.7 Å². The van der Waals surface area contributed by atoms with Crippen molar-refractivity contribution in [2.45, 2.75) is 0 Å². The minimum atomic E-state index is -1.93. The lowest BCUT2D eigenvalue weighted by atomic mass is 9.74. The second-order valence-electron chi connectivity index (χ2n) is 5.65. The molecule has 0 aromatic heterocycles. The molecule has 0 unspecified atom stereocenters. The first kappa shape index (κ1) is 14.6. The summed E-state index contributed by atoms with van der Waals surface area (Å²) in [5.74, 6) is 0. The first-order valence-corrected chi connectivity index (χ1v) is 7.46. The van der Waals surface area contributed by atoms with Crippen molar-refractivity contribution < 1.29 is 15.0 Å². The normalized spacial score (nSPS) is 11.2. The Balaban J connectivity index is 2.41. The second-order valence-corrected chi connectivity index (χ2v) is 5.65. The number of hydrogen-bond donors (Lipinski definition) is 2. The second kappa shape index (κ2) is 5.30. The summed E-state index contributed by atoms with van der Waals surface area (Å²) in [6.45, 7) is 0. The van der Waals surface area contributed by atoms with E-state index in [2.05, 4.69) is 0 Å². The highest BCUT2D eigenvalue weighted by Crippen LogP contribution is 2.36.